The Labute approximate surface area is 78.8 Å². The Bertz CT molecular complexity index is 102. The molecular formula is C10H21OSi. The lowest BCUT2D eigenvalue weighted by Crippen LogP contribution is -1.79. The van der Waals surface area contributed by atoms with E-state index < -0.39 is 9.76 Å². The van der Waals surface area contributed by atoms with Gasteiger partial charge in [-0.25, -0.2) is 0 Å². The Morgan fingerprint density at radius 2 is 1.75 bits per heavy atom. The van der Waals surface area contributed by atoms with Gasteiger partial charge in [-0.3, -0.25) is 0 Å². The average Bonchev–Trinajstić information content (AvgIpc) is 2.10. The van der Waals surface area contributed by atoms with Gasteiger partial charge in [-0.2, -0.15) is 0 Å². The monoisotopic (exact) mass is 185 g/mol. The molecule has 0 unspecified atom stereocenters. The van der Waals surface area contributed by atoms with Gasteiger partial charge in [0, 0.05) is 0 Å². The van der Waals surface area contributed by atoms with E-state index >= 15 is 0 Å². The van der Waals surface area contributed by atoms with Crippen LogP contribution in [-0.4, -0.2) is 9.76 Å². The van der Waals surface area contributed by atoms with Gasteiger partial charge < -0.3 is 4.80 Å². The zero-order chi connectivity index (χ0) is 9.07. The van der Waals surface area contributed by atoms with Gasteiger partial charge in [-0.05, 0) is 12.8 Å². The van der Waals surface area contributed by atoms with E-state index in [-0.39, 0.29) is 0 Å². The highest BCUT2D eigenvalue weighted by Crippen LogP contribution is 2.06. The molecule has 0 saturated carbocycles. The van der Waals surface area contributed by atoms with E-state index in [2.05, 4.69) is 13.0 Å². The summed E-state index contributed by atoms with van der Waals surface area (Å²) >= 11 is 0. The number of hydrogen-bond donors (Lipinski definition) is 0. The molecule has 0 atom stereocenters. The smallest absolute Gasteiger partial charge is 0.230 e. The summed E-state index contributed by atoms with van der Waals surface area (Å²) < 4.78 is 0. The van der Waals surface area contributed by atoms with E-state index in [4.69, 9.17) is 0 Å². The average molecular weight is 185 g/mol. The molecule has 1 radical (unpaired) electrons. The van der Waals surface area contributed by atoms with Crippen LogP contribution in [0.5, 0.6) is 0 Å². The summed E-state index contributed by atoms with van der Waals surface area (Å²) in [5.41, 5.74) is 1.85. The van der Waals surface area contributed by atoms with Crippen LogP contribution in [0.2, 0.25) is 0 Å². The number of hydrogen-bond acceptors (Lipinski definition) is 0. The molecule has 0 spiro atoms. The standard InChI is InChI=1S/C10H21OSi/c1-2-3-4-5-6-7-8-9-10-12-11/h9-10H,2-8,12H2,1H3. The van der Waals surface area contributed by atoms with Crippen LogP contribution >= 0.6 is 0 Å². The van der Waals surface area contributed by atoms with E-state index in [1.165, 1.54) is 38.5 Å². The highest BCUT2D eigenvalue weighted by molar-refractivity contribution is 6.32. The molecule has 0 aromatic heterocycles. The summed E-state index contributed by atoms with van der Waals surface area (Å²) in [6.07, 6.45) is 11.3. The third kappa shape index (κ3) is 9.92. The van der Waals surface area contributed by atoms with Crippen LogP contribution in [-0.2, 0) is 4.80 Å². The van der Waals surface area contributed by atoms with Crippen molar-refractivity contribution in [1.29, 1.82) is 0 Å². The second-order valence-electron chi connectivity index (χ2n) is 3.19. The lowest BCUT2D eigenvalue weighted by Gasteiger charge is -1.97. The summed E-state index contributed by atoms with van der Waals surface area (Å²) in [6, 6.07) is 0. The molecule has 0 N–H and O–H groups in total. The molecular weight excluding hydrogens is 164 g/mol. The number of rotatable bonds is 8. The van der Waals surface area contributed by atoms with E-state index in [0.717, 1.165) is 6.42 Å². The zero-order valence-electron chi connectivity index (χ0n) is 8.22. The predicted octanol–water partition coefficient (Wildman–Crippen LogP) is 2.77. The molecule has 0 heterocycles. The van der Waals surface area contributed by atoms with Crippen molar-refractivity contribution in [2.45, 2.75) is 51.9 Å². The summed E-state index contributed by atoms with van der Waals surface area (Å²) in [7, 11) is -1.06. The predicted molar refractivity (Wildman–Crippen MR) is 56.4 cm³/mol. The molecule has 12 heavy (non-hydrogen) atoms. The van der Waals surface area contributed by atoms with Crippen molar-refractivity contribution in [2.75, 3.05) is 0 Å². The lowest BCUT2D eigenvalue weighted by molar-refractivity contribution is 0.483. The topological polar surface area (TPSA) is 19.9 Å². The van der Waals surface area contributed by atoms with Crippen molar-refractivity contribution in [1.82, 2.24) is 0 Å². The Kier molecular flexibility index (Phi) is 10.8. The maximum absolute atomic E-state index is 10.2. The fraction of sp³-hybridized carbons (Fsp3) is 0.800. The SMILES string of the molecule is CCCCCCCCC=C[SiH2][O]. The van der Waals surface area contributed by atoms with E-state index in [9.17, 15) is 4.80 Å². The summed E-state index contributed by atoms with van der Waals surface area (Å²) in [6.45, 7) is 2.24. The Hall–Kier alpha value is -0.0831. The van der Waals surface area contributed by atoms with Gasteiger partial charge in [0.15, 0.2) is 0 Å². The Morgan fingerprint density at radius 3 is 2.42 bits per heavy atom. The minimum absolute atomic E-state index is 1.06. The molecule has 0 aliphatic carbocycles. The third-order valence-corrected chi connectivity index (χ3v) is 2.51. The summed E-state index contributed by atoms with van der Waals surface area (Å²) in [5.74, 6) is 0. The molecule has 0 bridgehead atoms. The van der Waals surface area contributed by atoms with Crippen LogP contribution in [0.15, 0.2) is 11.8 Å². The van der Waals surface area contributed by atoms with Crippen molar-refractivity contribution in [2.24, 2.45) is 0 Å². The molecule has 2 heteroatoms. The molecule has 0 aliphatic rings. The molecule has 71 valence electrons. The highest BCUT2D eigenvalue weighted by atomic mass is 28.2. The lowest BCUT2D eigenvalue weighted by atomic mass is 10.1. The Balaban J connectivity index is 2.86. The normalized spacial score (nSPS) is 12.2. The van der Waals surface area contributed by atoms with Crippen molar-refractivity contribution in [3.8, 4) is 0 Å². The zero-order valence-corrected chi connectivity index (χ0v) is 9.63. The van der Waals surface area contributed by atoms with Gasteiger partial charge in [0.1, 0.15) is 0 Å². The van der Waals surface area contributed by atoms with Crippen molar-refractivity contribution >= 4 is 9.76 Å². The molecule has 0 fully saturated rings. The second-order valence-corrected chi connectivity index (χ2v) is 4.00. The van der Waals surface area contributed by atoms with E-state index in [0.29, 0.717) is 0 Å². The van der Waals surface area contributed by atoms with Gasteiger partial charge in [-0.1, -0.05) is 50.8 Å². The summed E-state index contributed by atoms with van der Waals surface area (Å²) in [4.78, 5) is 10.2. The number of allylic oxidation sites excluding steroid dienone is 1. The van der Waals surface area contributed by atoms with Gasteiger partial charge in [-0.15, -0.1) is 0 Å². The first-order valence-corrected chi connectivity index (χ1v) is 6.54. The fourth-order valence-electron chi connectivity index (χ4n) is 1.23. The van der Waals surface area contributed by atoms with Crippen LogP contribution in [0, 0.1) is 0 Å². The van der Waals surface area contributed by atoms with Crippen molar-refractivity contribution in [3.63, 3.8) is 0 Å². The first kappa shape index (κ1) is 11.9. The summed E-state index contributed by atoms with van der Waals surface area (Å²) in [5, 5.41) is 0. The van der Waals surface area contributed by atoms with E-state index in [1.54, 1.807) is 0 Å². The maximum Gasteiger partial charge on any atom is 0.230 e. The molecule has 1 nitrogen and oxygen atoms in total. The molecule has 0 saturated heterocycles. The molecule has 0 amide bonds. The third-order valence-electron chi connectivity index (χ3n) is 1.99. The molecule has 0 rings (SSSR count). The maximum atomic E-state index is 10.2. The Morgan fingerprint density at radius 1 is 1.08 bits per heavy atom. The minimum atomic E-state index is -1.06. The van der Waals surface area contributed by atoms with Gasteiger partial charge in [0.2, 0.25) is 9.76 Å². The van der Waals surface area contributed by atoms with Crippen LogP contribution in [0.4, 0.5) is 0 Å². The van der Waals surface area contributed by atoms with Gasteiger partial charge in [0.05, 0.1) is 0 Å². The van der Waals surface area contributed by atoms with E-state index in [1.807, 2.05) is 5.70 Å². The quantitative estimate of drug-likeness (QED) is 0.409. The fourth-order valence-corrected chi connectivity index (χ4v) is 1.60. The largest absolute Gasteiger partial charge is 0.301 e. The first-order chi connectivity index (χ1) is 5.91. The first-order valence-electron chi connectivity index (χ1n) is 5.15. The number of unbranched alkanes of at least 4 members (excludes halogenated alkanes) is 6. The van der Waals surface area contributed by atoms with Crippen LogP contribution in [0.3, 0.4) is 0 Å². The van der Waals surface area contributed by atoms with Gasteiger partial charge >= 0.3 is 0 Å². The molecule has 0 aliphatic heterocycles. The molecule has 0 aromatic carbocycles. The minimum Gasteiger partial charge on any atom is -0.301 e. The molecule has 0 aromatic rings. The van der Waals surface area contributed by atoms with Crippen molar-refractivity contribution < 1.29 is 4.80 Å². The van der Waals surface area contributed by atoms with Crippen LogP contribution in [0.25, 0.3) is 0 Å². The highest BCUT2D eigenvalue weighted by Gasteiger charge is 1.87. The van der Waals surface area contributed by atoms with Crippen LogP contribution in [0.1, 0.15) is 51.9 Å². The van der Waals surface area contributed by atoms with Crippen LogP contribution < -0.4 is 0 Å². The second kappa shape index (κ2) is 10.9. The van der Waals surface area contributed by atoms with Crippen molar-refractivity contribution in [3.05, 3.63) is 11.8 Å². The van der Waals surface area contributed by atoms with Gasteiger partial charge in [0.25, 0.3) is 0 Å².